The number of esters is 1. The average molecular weight is 531 g/mol. The van der Waals surface area contributed by atoms with E-state index in [2.05, 4.69) is 40.7 Å². The van der Waals surface area contributed by atoms with Crippen LogP contribution in [-0.4, -0.2) is 81.8 Å². The standard InChI is InChI=1S/C30H46N2O6/c1-7-29-14-10-8-9-11-19-37-26(36)22(29)21-24(34)31(16-13-18-33)23-25(35)32(17-12-15-30(21,23)38-29)28(5,6)20-27(2,3)4/h10,12,14-15,21-23,33H,7-9,11,13,16-20H2,1-6H3/b14-10-/t21-,22+,23?,29-,30-/m0/s1. The maximum absolute atomic E-state index is 14.6. The largest absolute Gasteiger partial charge is 0.465 e. The van der Waals surface area contributed by atoms with Gasteiger partial charge in [-0.1, -0.05) is 52.0 Å². The molecule has 1 unspecified atom stereocenters. The molecule has 4 heterocycles. The first-order valence-electron chi connectivity index (χ1n) is 14.3. The number of likely N-dealkylation sites (tertiary alicyclic amines) is 1. The number of aliphatic hydroxyl groups excluding tert-OH is 1. The van der Waals surface area contributed by atoms with Crippen LogP contribution < -0.4 is 0 Å². The van der Waals surface area contributed by atoms with E-state index >= 15 is 0 Å². The second-order valence-corrected chi connectivity index (χ2v) is 13.2. The van der Waals surface area contributed by atoms with Crippen molar-refractivity contribution in [3.63, 3.8) is 0 Å². The number of hydrogen-bond donors (Lipinski definition) is 1. The van der Waals surface area contributed by atoms with Crippen LogP contribution in [0.1, 0.15) is 80.1 Å². The van der Waals surface area contributed by atoms with Gasteiger partial charge in [0.05, 0.1) is 12.5 Å². The van der Waals surface area contributed by atoms with Crippen LogP contribution in [0.15, 0.2) is 24.3 Å². The topological polar surface area (TPSA) is 96.4 Å². The number of cyclic esters (lactones) is 1. The van der Waals surface area contributed by atoms with Crippen LogP contribution in [0.4, 0.5) is 0 Å². The molecule has 1 N–H and O–H groups in total. The van der Waals surface area contributed by atoms with Crippen LogP contribution >= 0.6 is 0 Å². The Kier molecular flexibility index (Phi) is 7.90. The Morgan fingerprint density at radius 1 is 1.03 bits per heavy atom. The van der Waals surface area contributed by atoms with E-state index in [1.54, 1.807) is 4.90 Å². The lowest BCUT2D eigenvalue weighted by Crippen LogP contribution is -2.60. The molecule has 1 spiro atoms. The highest BCUT2D eigenvalue weighted by atomic mass is 16.6. The number of amides is 2. The van der Waals surface area contributed by atoms with E-state index < -0.39 is 40.6 Å². The third-order valence-electron chi connectivity index (χ3n) is 8.63. The van der Waals surface area contributed by atoms with Gasteiger partial charge < -0.3 is 24.4 Å². The van der Waals surface area contributed by atoms with E-state index in [0.717, 1.165) is 25.7 Å². The Morgan fingerprint density at radius 2 is 1.76 bits per heavy atom. The van der Waals surface area contributed by atoms with Crippen LogP contribution in [0.3, 0.4) is 0 Å². The highest BCUT2D eigenvalue weighted by molar-refractivity contribution is 5.99. The number of fused-ring (bicyclic) bond motifs is 2. The van der Waals surface area contributed by atoms with Crippen LogP contribution in [0, 0.1) is 17.3 Å². The van der Waals surface area contributed by atoms with Crippen molar-refractivity contribution < 1.29 is 29.0 Å². The lowest BCUT2D eigenvalue weighted by molar-refractivity contribution is -0.162. The molecule has 0 aromatic rings. The van der Waals surface area contributed by atoms with Gasteiger partial charge in [0.1, 0.15) is 23.2 Å². The van der Waals surface area contributed by atoms with Gasteiger partial charge in [0.15, 0.2) is 0 Å². The van der Waals surface area contributed by atoms with Crippen LogP contribution in [0.5, 0.6) is 0 Å². The summed E-state index contributed by atoms with van der Waals surface area (Å²) in [6.07, 6.45) is 11.9. The predicted molar refractivity (Wildman–Crippen MR) is 144 cm³/mol. The fourth-order valence-electron chi connectivity index (χ4n) is 7.46. The van der Waals surface area contributed by atoms with E-state index in [4.69, 9.17) is 9.47 Å². The van der Waals surface area contributed by atoms with Gasteiger partial charge in [0.2, 0.25) is 11.8 Å². The van der Waals surface area contributed by atoms with Crippen LogP contribution in [0.25, 0.3) is 0 Å². The Morgan fingerprint density at radius 3 is 2.42 bits per heavy atom. The first-order valence-corrected chi connectivity index (χ1v) is 14.3. The summed E-state index contributed by atoms with van der Waals surface area (Å²) in [6.45, 7) is 13.4. The molecule has 0 aromatic carbocycles. The molecule has 2 saturated heterocycles. The highest BCUT2D eigenvalue weighted by Gasteiger charge is 2.75. The zero-order valence-corrected chi connectivity index (χ0v) is 24.0. The van der Waals surface area contributed by atoms with Gasteiger partial charge in [-0.05, 0) is 57.8 Å². The van der Waals surface area contributed by atoms with Crippen molar-refractivity contribution in [2.45, 2.75) is 103 Å². The van der Waals surface area contributed by atoms with E-state index in [1.807, 2.05) is 30.1 Å². The molecule has 212 valence electrons. The van der Waals surface area contributed by atoms with Crippen molar-refractivity contribution in [3.8, 4) is 0 Å². The monoisotopic (exact) mass is 530 g/mol. The Balaban J connectivity index is 1.86. The number of hydrogen-bond acceptors (Lipinski definition) is 6. The summed E-state index contributed by atoms with van der Waals surface area (Å²) < 4.78 is 12.7. The van der Waals surface area contributed by atoms with E-state index in [-0.39, 0.29) is 30.4 Å². The SMILES string of the molecule is CC[C@]12/C=C\CCCCOC(=O)[C@H]1[C@H]1C(=O)N(CCCO)C3C(=O)N(C(C)(C)CC(C)(C)C)CC=C[C@@]31O2. The van der Waals surface area contributed by atoms with Gasteiger partial charge in [-0.15, -0.1) is 0 Å². The maximum atomic E-state index is 14.6. The number of carbonyl (C=O) groups is 3. The molecule has 2 amide bonds. The molecule has 0 bridgehead atoms. The minimum absolute atomic E-state index is 0.0186. The molecule has 2 fully saturated rings. The molecule has 5 atom stereocenters. The molecule has 0 saturated carbocycles. The second kappa shape index (κ2) is 10.4. The van der Waals surface area contributed by atoms with E-state index in [0.29, 0.717) is 26.0 Å². The zero-order chi connectivity index (χ0) is 27.9. The fourth-order valence-corrected chi connectivity index (χ4v) is 7.46. The van der Waals surface area contributed by atoms with Crippen LogP contribution in [-0.2, 0) is 23.9 Å². The first kappa shape index (κ1) is 28.8. The molecule has 8 nitrogen and oxygen atoms in total. The zero-order valence-electron chi connectivity index (χ0n) is 24.0. The van der Waals surface area contributed by atoms with Crippen molar-refractivity contribution in [1.82, 2.24) is 9.80 Å². The number of nitrogens with zero attached hydrogens (tertiary/aromatic N) is 2. The molecule has 0 radical (unpaired) electrons. The molecular weight excluding hydrogens is 484 g/mol. The molecule has 8 heteroatoms. The van der Waals surface area contributed by atoms with Gasteiger partial charge in [-0.2, -0.15) is 0 Å². The summed E-state index contributed by atoms with van der Waals surface area (Å²) in [5, 5.41) is 9.61. The van der Waals surface area contributed by atoms with Crippen molar-refractivity contribution in [1.29, 1.82) is 0 Å². The van der Waals surface area contributed by atoms with Crippen molar-refractivity contribution >= 4 is 17.8 Å². The highest BCUT2D eigenvalue weighted by Crippen LogP contribution is 2.58. The number of carbonyl (C=O) groups excluding carboxylic acids is 3. The Labute approximate surface area is 227 Å². The third-order valence-corrected chi connectivity index (χ3v) is 8.63. The Hall–Kier alpha value is -2.19. The number of ether oxygens (including phenoxy) is 2. The van der Waals surface area contributed by atoms with E-state index in [1.165, 1.54) is 0 Å². The smallest absolute Gasteiger partial charge is 0.313 e. The van der Waals surface area contributed by atoms with Crippen LogP contribution in [0.2, 0.25) is 0 Å². The number of allylic oxidation sites excluding steroid dienone is 1. The molecule has 4 aliphatic heterocycles. The summed E-state index contributed by atoms with van der Waals surface area (Å²) in [5.41, 5.74) is -2.84. The van der Waals surface area contributed by atoms with Crippen molar-refractivity contribution in [2.75, 3.05) is 26.3 Å². The van der Waals surface area contributed by atoms with Gasteiger partial charge in [0, 0.05) is 25.2 Å². The number of rotatable bonds is 6. The Bertz CT molecular complexity index is 997. The summed E-state index contributed by atoms with van der Waals surface area (Å²) in [6, 6.07) is -0.924. The molecule has 0 aliphatic carbocycles. The molecule has 4 aliphatic rings. The van der Waals surface area contributed by atoms with E-state index in [9.17, 15) is 19.5 Å². The van der Waals surface area contributed by atoms with Gasteiger partial charge in [0.25, 0.3) is 0 Å². The average Bonchev–Trinajstić information content (AvgIpc) is 3.17. The fraction of sp³-hybridized carbons (Fsp3) is 0.767. The maximum Gasteiger partial charge on any atom is 0.313 e. The second-order valence-electron chi connectivity index (χ2n) is 13.2. The molecular formula is C30H46N2O6. The normalized spacial score (nSPS) is 34.9. The molecule has 0 aromatic heterocycles. The lowest BCUT2D eigenvalue weighted by Gasteiger charge is -2.45. The minimum Gasteiger partial charge on any atom is -0.465 e. The number of aliphatic hydroxyl groups is 1. The third kappa shape index (κ3) is 4.83. The summed E-state index contributed by atoms with van der Waals surface area (Å²) in [4.78, 5) is 45.9. The first-order chi connectivity index (χ1) is 17.8. The summed E-state index contributed by atoms with van der Waals surface area (Å²) in [5.74, 6) is -2.63. The minimum atomic E-state index is -1.30. The van der Waals surface area contributed by atoms with Gasteiger partial charge in [-0.25, -0.2) is 0 Å². The quantitative estimate of drug-likeness (QED) is 0.416. The van der Waals surface area contributed by atoms with Crippen molar-refractivity contribution in [2.24, 2.45) is 17.3 Å². The molecule has 38 heavy (non-hydrogen) atoms. The van der Waals surface area contributed by atoms with Gasteiger partial charge >= 0.3 is 5.97 Å². The lowest BCUT2D eigenvalue weighted by atomic mass is 9.73. The summed E-state index contributed by atoms with van der Waals surface area (Å²) in [7, 11) is 0. The van der Waals surface area contributed by atoms with Gasteiger partial charge in [-0.3, -0.25) is 14.4 Å². The predicted octanol–water partition coefficient (Wildman–Crippen LogP) is 3.63. The summed E-state index contributed by atoms with van der Waals surface area (Å²) >= 11 is 0. The van der Waals surface area contributed by atoms with Crippen molar-refractivity contribution in [3.05, 3.63) is 24.3 Å². The molecule has 4 rings (SSSR count).